The second-order valence-electron chi connectivity index (χ2n) is 4.40. The molecule has 1 aliphatic rings. The van der Waals surface area contributed by atoms with Gasteiger partial charge in [-0.2, -0.15) is 5.26 Å². The molecule has 1 aromatic heterocycles. The van der Waals surface area contributed by atoms with Crippen molar-refractivity contribution in [1.82, 2.24) is 19.8 Å². The Morgan fingerprint density at radius 2 is 2.06 bits per heavy atom. The highest BCUT2D eigenvalue weighted by atomic mass is 79.9. The van der Waals surface area contributed by atoms with Crippen LogP contribution in [0.15, 0.2) is 4.60 Å². The summed E-state index contributed by atoms with van der Waals surface area (Å²) >= 11 is 3.41. The molecule has 0 aliphatic carbocycles. The monoisotopic (exact) mass is 297 g/mol. The molecule has 2 rings (SSSR count). The van der Waals surface area contributed by atoms with Gasteiger partial charge in [-0.1, -0.05) is 0 Å². The van der Waals surface area contributed by atoms with Gasteiger partial charge in [0.2, 0.25) is 0 Å². The van der Waals surface area contributed by atoms with Crippen molar-refractivity contribution in [2.45, 2.75) is 13.0 Å². The van der Waals surface area contributed by atoms with Gasteiger partial charge >= 0.3 is 0 Å². The number of aromatic nitrogens is 2. The Labute approximate surface area is 110 Å². The molecular weight excluding hydrogens is 282 g/mol. The van der Waals surface area contributed by atoms with E-state index in [4.69, 9.17) is 0 Å². The summed E-state index contributed by atoms with van der Waals surface area (Å²) in [6.07, 6.45) is 0. The van der Waals surface area contributed by atoms with E-state index in [1.54, 1.807) is 0 Å². The van der Waals surface area contributed by atoms with Gasteiger partial charge < -0.3 is 9.88 Å². The summed E-state index contributed by atoms with van der Waals surface area (Å²) < 4.78 is 0.750. The van der Waals surface area contributed by atoms with E-state index in [-0.39, 0.29) is 6.04 Å². The van der Waals surface area contributed by atoms with Crippen molar-refractivity contribution < 1.29 is 0 Å². The second-order valence-corrected chi connectivity index (χ2v) is 5.15. The number of halogens is 1. The van der Waals surface area contributed by atoms with E-state index in [1.165, 1.54) is 0 Å². The normalized spacial score (nSPS) is 20.1. The molecule has 0 radical (unpaired) electrons. The van der Waals surface area contributed by atoms with Gasteiger partial charge in [-0.15, -0.1) is 0 Å². The third-order valence-corrected chi connectivity index (χ3v) is 3.71. The first-order valence-corrected chi connectivity index (χ1v) is 6.45. The van der Waals surface area contributed by atoms with Crippen molar-refractivity contribution in [2.24, 2.45) is 0 Å². The Morgan fingerprint density at radius 3 is 2.53 bits per heavy atom. The Bertz CT molecular complexity index is 428. The number of hydrogen-bond acceptors (Lipinski definition) is 4. The van der Waals surface area contributed by atoms with Crippen LogP contribution < -0.4 is 0 Å². The predicted molar refractivity (Wildman–Crippen MR) is 68.4 cm³/mol. The standard InChI is InChI=1S/C11H16BrN5/c1-8-14-10(11(12)15-8)9(7-13)17-5-3-16(2)4-6-17/h9H,3-6H2,1-2H3,(H,14,15). The minimum Gasteiger partial charge on any atom is -0.343 e. The molecule has 5 nitrogen and oxygen atoms in total. The van der Waals surface area contributed by atoms with Gasteiger partial charge in [-0.25, -0.2) is 4.98 Å². The zero-order valence-electron chi connectivity index (χ0n) is 10.1. The number of likely N-dealkylation sites (N-methyl/N-ethyl adjacent to an activating group) is 1. The van der Waals surface area contributed by atoms with E-state index >= 15 is 0 Å². The number of nitrogens with one attached hydrogen (secondary N) is 1. The number of aryl methyl sites for hydroxylation is 1. The first-order chi connectivity index (χ1) is 8.11. The maximum atomic E-state index is 9.36. The Kier molecular flexibility index (Phi) is 3.82. The van der Waals surface area contributed by atoms with Crippen molar-refractivity contribution in [3.05, 3.63) is 16.1 Å². The number of piperazine rings is 1. The number of aromatic amines is 1. The maximum Gasteiger partial charge on any atom is 0.141 e. The van der Waals surface area contributed by atoms with Gasteiger partial charge in [0.1, 0.15) is 16.5 Å². The van der Waals surface area contributed by atoms with E-state index in [2.05, 4.69) is 48.8 Å². The molecule has 1 atom stereocenters. The number of nitrogens with zero attached hydrogens (tertiary/aromatic N) is 4. The molecule has 0 saturated carbocycles. The summed E-state index contributed by atoms with van der Waals surface area (Å²) in [5.41, 5.74) is 0.870. The molecule has 0 amide bonds. The average molecular weight is 298 g/mol. The lowest BCUT2D eigenvalue weighted by Gasteiger charge is -2.34. The van der Waals surface area contributed by atoms with Crippen molar-refractivity contribution in [3.8, 4) is 6.07 Å². The van der Waals surface area contributed by atoms with E-state index in [0.717, 1.165) is 42.3 Å². The van der Waals surface area contributed by atoms with Crippen LogP contribution in [0.3, 0.4) is 0 Å². The lowest BCUT2D eigenvalue weighted by molar-refractivity contribution is 0.131. The number of rotatable bonds is 2. The number of H-pyrrole nitrogens is 1. The van der Waals surface area contributed by atoms with Gasteiger partial charge in [0.05, 0.1) is 11.8 Å². The van der Waals surface area contributed by atoms with Crippen LogP contribution in [0.1, 0.15) is 17.6 Å². The van der Waals surface area contributed by atoms with E-state index in [1.807, 2.05) is 6.92 Å². The highest BCUT2D eigenvalue weighted by Crippen LogP contribution is 2.26. The first kappa shape index (κ1) is 12.6. The minimum absolute atomic E-state index is 0.237. The Hall–Kier alpha value is -0.900. The van der Waals surface area contributed by atoms with Crippen LogP contribution in [-0.4, -0.2) is 53.0 Å². The molecule has 1 fully saturated rings. The van der Waals surface area contributed by atoms with Crippen LogP contribution in [0.5, 0.6) is 0 Å². The molecule has 6 heteroatoms. The fourth-order valence-electron chi connectivity index (χ4n) is 2.07. The van der Waals surface area contributed by atoms with Crippen LogP contribution in [0.4, 0.5) is 0 Å². The van der Waals surface area contributed by atoms with Crippen LogP contribution in [0.25, 0.3) is 0 Å². The minimum atomic E-state index is -0.237. The smallest absolute Gasteiger partial charge is 0.141 e. The average Bonchev–Trinajstić information content (AvgIpc) is 2.62. The van der Waals surface area contributed by atoms with Crippen LogP contribution in [0, 0.1) is 18.3 Å². The molecule has 2 heterocycles. The molecule has 92 valence electrons. The molecule has 17 heavy (non-hydrogen) atoms. The Morgan fingerprint density at radius 1 is 1.41 bits per heavy atom. The molecule has 0 aromatic carbocycles. The van der Waals surface area contributed by atoms with Crippen molar-refractivity contribution >= 4 is 15.9 Å². The lowest BCUT2D eigenvalue weighted by atomic mass is 10.2. The largest absolute Gasteiger partial charge is 0.343 e. The number of imidazole rings is 1. The van der Waals surface area contributed by atoms with Gasteiger partial charge in [-0.3, -0.25) is 4.90 Å². The van der Waals surface area contributed by atoms with Crippen molar-refractivity contribution in [1.29, 1.82) is 5.26 Å². The fourth-order valence-corrected chi connectivity index (χ4v) is 2.65. The summed E-state index contributed by atoms with van der Waals surface area (Å²) in [5.74, 6) is 0.834. The molecule has 1 aromatic rings. The molecule has 0 bridgehead atoms. The summed E-state index contributed by atoms with van der Waals surface area (Å²) in [7, 11) is 2.11. The number of nitriles is 1. The fraction of sp³-hybridized carbons (Fsp3) is 0.636. The van der Waals surface area contributed by atoms with Gasteiger partial charge in [0.15, 0.2) is 0 Å². The van der Waals surface area contributed by atoms with E-state index in [0.29, 0.717) is 0 Å². The van der Waals surface area contributed by atoms with Crippen molar-refractivity contribution in [2.75, 3.05) is 33.2 Å². The quantitative estimate of drug-likeness (QED) is 0.894. The van der Waals surface area contributed by atoms with Crippen LogP contribution >= 0.6 is 15.9 Å². The van der Waals surface area contributed by atoms with Crippen LogP contribution in [0.2, 0.25) is 0 Å². The summed E-state index contributed by atoms with van der Waals surface area (Å²) in [5, 5.41) is 9.36. The van der Waals surface area contributed by atoms with Gasteiger partial charge in [0.25, 0.3) is 0 Å². The Balaban J connectivity index is 2.17. The number of hydrogen-bond donors (Lipinski definition) is 1. The molecule has 1 unspecified atom stereocenters. The van der Waals surface area contributed by atoms with E-state index < -0.39 is 0 Å². The lowest BCUT2D eigenvalue weighted by Crippen LogP contribution is -2.45. The summed E-state index contributed by atoms with van der Waals surface area (Å²) in [6, 6.07) is 2.13. The molecular formula is C11H16BrN5. The third-order valence-electron chi connectivity index (χ3n) is 3.10. The summed E-state index contributed by atoms with van der Waals surface area (Å²) in [6.45, 7) is 5.73. The SMILES string of the molecule is Cc1nc(Br)c(C(C#N)N2CCN(C)CC2)[nH]1. The highest BCUT2D eigenvalue weighted by Gasteiger charge is 2.26. The zero-order valence-corrected chi connectivity index (χ0v) is 11.7. The highest BCUT2D eigenvalue weighted by molar-refractivity contribution is 9.10. The third kappa shape index (κ3) is 2.68. The van der Waals surface area contributed by atoms with Crippen molar-refractivity contribution in [3.63, 3.8) is 0 Å². The van der Waals surface area contributed by atoms with Crippen LogP contribution in [-0.2, 0) is 0 Å². The van der Waals surface area contributed by atoms with Gasteiger partial charge in [-0.05, 0) is 29.9 Å². The zero-order chi connectivity index (χ0) is 12.4. The molecule has 1 saturated heterocycles. The van der Waals surface area contributed by atoms with Gasteiger partial charge in [0, 0.05) is 26.2 Å². The second kappa shape index (κ2) is 5.17. The predicted octanol–water partition coefficient (Wildman–Crippen LogP) is 1.29. The maximum absolute atomic E-state index is 9.36. The summed E-state index contributed by atoms with van der Waals surface area (Å²) in [4.78, 5) is 11.9. The molecule has 1 aliphatic heterocycles. The molecule has 1 N–H and O–H groups in total. The van der Waals surface area contributed by atoms with E-state index in [9.17, 15) is 5.26 Å². The topological polar surface area (TPSA) is 59.0 Å². The molecule has 0 spiro atoms. The first-order valence-electron chi connectivity index (χ1n) is 5.66.